The van der Waals surface area contributed by atoms with Crippen LogP contribution in [0.3, 0.4) is 0 Å². The van der Waals surface area contributed by atoms with Crippen LogP contribution < -0.4 is 5.32 Å². The van der Waals surface area contributed by atoms with Gasteiger partial charge < -0.3 is 5.32 Å². The molecule has 0 fully saturated rings. The molecule has 1 N–H and O–H groups in total. The van der Waals surface area contributed by atoms with Crippen molar-refractivity contribution in [2.24, 2.45) is 0 Å². The molecule has 1 nitrogen and oxygen atoms in total. The van der Waals surface area contributed by atoms with Crippen molar-refractivity contribution >= 4 is 0 Å². The molecule has 0 radical (unpaired) electrons. The summed E-state index contributed by atoms with van der Waals surface area (Å²) in [6.45, 7) is 3.06. The van der Waals surface area contributed by atoms with E-state index in [1.165, 1.54) is 11.1 Å². The predicted octanol–water partition coefficient (Wildman–Crippen LogP) is 1.71. The largest absolute Gasteiger partial charge is 0.316 e. The normalized spacial score (nSPS) is 9.80. The van der Waals surface area contributed by atoms with Crippen LogP contribution in [-0.4, -0.2) is 7.05 Å². The molecule has 1 aromatic rings. The van der Waals surface area contributed by atoms with Gasteiger partial charge in [-0.15, -0.1) is 0 Å². The summed E-state index contributed by atoms with van der Waals surface area (Å²) in [5.41, 5.74) is 2.66. The highest BCUT2D eigenvalue weighted by Crippen LogP contribution is 2.01. The molecule has 1 aromatic carbocycles. The first-order valence-corrected chi connectivity index (χ1v) is 3.53. The highest BCUT2D eigenvalue weighted by Gasteiger charge is 1.87. The molecular weight excluding hydrogens is 122 g/mol. The van der Waals surface area contributed by atoms with Crippen LogP contribution >= 0.6 is 0 Å². The van der Waals surface area contributed by atoms with Crippen LogP contribution in [0.4, 0.5) is 0 Å². The molecule has 0 aliphatic rings. The van der Waals surface area contributed by atoms with E-state index in [0.29, 0.717) is 0 Å². The van der Waals surface area contributed by atoms with Gasteiger partial charge in [0.05, 0.1) is 0 Å². The zero-order valence-corrected chi connectivity index (χ0v) is 6.52. The van der Waals surface area contributed by atoms with E-state index >= 15 is 0 Å². The Labute approximate surface area is 62.1 Å². The molecule has 54 valence electrons. The first-order chi connectivity index (χ1) is 4.83. The van der Waals surface area contributed by atoms with Gasteiger partial charge in [0.1, 0.15) is 0 Å². The number of rotatable bonds is 2. The maximum Gasteiger partial charge on any atom is 0.0202 e. The van der Waals surface area contributed by atoms with Crippen molar-refractivity contribution in [2.75, 3.05) is 7.05 Å². The van der Waals surface area contributed by atoms with Crippen LogP contribution in [0.1, 0.15) is 11.1 Å². The summed E-state index contributed by atoms with van der Waals surface area (Å²) in [5, 5.41) is 3.10. The van der Waals surface area contributed by atoms with Gasteiger partial charge in [-0.1, -0.05) is 29.8 Å². The summed E-state index contributed by atoms with van der Waals surface area (Å²) >= 11 is 0. The van der Waals surface area contributed by atoms with Crippen LogP contribution in [0.2, 0.25) is 0 Å². The molecule has 0 aromatic heterocycles. The summed E-state index contributed by atoms with van der Waals surface area (Å²) in [4.78, 5) is 0. The lowest BCUT2D eigenvalue weighted by Gasteiger charge is -1.98. The van der Waals surface area contributed by atoms with E-state index in [-0.39, 0.29) is 0 Å². The van der Waals surface area contributed by atoms with Gasteiger partial charge in [-0.2, -0.15) is 0 Å². The maximum atomic E-state index is 3.10. The Morgan fingerprint density at radius 2 is 1.80 bits per heavy atom. The molecule has 1 rings (SSSR count). The molecule has 10 heavy (non-hydrogen) atoms. The Morgan fingerprint density at radius 1 is 1.20 bits per heavy atom. The molecular formula is C9H13N. The second kappa shape index (κ2) is 3.37. The summed E-state index contributed by atoms with van der Waals surface area (Å²) < 4.78 is 0. The zero-order chi connectivity index (χ0) is 7.40. The summed E-state index contributed by atoms with van der Waals surface area (Å²) in [6.07, 6.45) is 0. The van der Waals surface area contributed by atoms with Gasteiger partial charge in [-0.25, -0.2) is 0 Å². The van der Waals surface area contributed by atoms with Crippen LogP contribution in [0, 0.1) is 6.92 Å². The lowest BCUT2D eigenvalue weighted by atomic mass is 10.1. The average Bonchev–Trinajstić information content (AvgIpc) is 1.95. The molecule has 1 heteroatoms. The highest BCUT2D eigenvalue weighted by molar-refractivity contribution is 5.20. The number of aryl methyl sites for hydroxylation is 1. The fourth-order valence-electron chi connectivity index (χ4n) is 0.910. The molecule has 0 bridgehead atoms. The van der Waals surface area contributed by atoms with Gasteiger partial charge in [0.15, 0.2) is 0 Å². The highest BCUT2D eigenvalue weighted by atomic mass is 14.8. The lowest BCUT2D eigenvalue weighted by molar-refractivity contribution is 0.817. The fraction of sp³-hybridized carbons (Fsp3) is 0.333. The number of hydrogen-bond donors (Lipinski definition) is 1. The molecule has 0 heterocycles. The Bertz CT molecular complexity index is 188. The van der Waals surface area contributed by atoms with E-state index in [0.717, 1.165) is 6.54 Å². The number of benzene rings is 1. The van der Waals surface area contributed by atoms with Crippen LogP contribution in [0.15, 0.2) is 24.3 Å². The van der Waals surface area contributed by atoms with Gasteiger partial charge in [-0.3, -0.25) is 0 Å². The van der Waals surface area contributed by atoms with Crippen molar-refractivity contribution in [1.82, 2.24) is 5.32 Å². The van der Waals surface area contributed by atoms with Crippen molar-refractivity contribution in [2.45, 2.75) is 13.5 Å². The molecule has 0 amide bonds. The Kier molecular flexibility index (Phi) is 2.46. The third-order valence-corrected chi connectivity index (χ3v) is 1.50. The fourth-order valence-corrected chi connectivity index (χ4v) is 0.910. The van der Waals surface area contributed by atoms with Crippen molar-refractivity contribution in [1.29, 1.82) is 0 Å². The quantitative estimate of drug-likeness (QED) is 0.651. The average molecular weight is 135 g/mol. The minimum absolute atomic E-state index is 0.959. The lowest BCUT2D eigenvalue weighted by Crippen LogP contribution is -2.04. The minimum atomic E-state index is 0.959. The van der Waals surface area contributed by atoms with Crippen LogP contribution in [-0.2, 0) is 6.54 Å². The Morgan fingerprint density at radius 3 is 2.30 bits per heavy atom. The van der Waals surface area contributed by atoms with E-state index in [1.54, 1.807) is 0 Å². The third-order valence-electron chi connectivity index (χ3n) is 1.50. The maximum absolute atomic E-state index is 3.10. The first kappa shape index (κ1) is 7.29. The van der Waals surface area contributed by atoms with Gasteiger partial charge in [-0.05, 0) is 19.5 Å². The molecule has 0 saturated carbocycles. The minimum Gasteiger partial charge on any atom is -0.316 e. The molecule has 0 atom stereocenters. The Hall–Kier alpha value is -0.820. The van der Waals surface area contributed by atoms with Crippen molar-refractivity contribution < 1.29 is 0 Å². The molecule has 0 saturated heterocycles. The van der Waals surface area contributed by atoms with Crippen LogP contribution in [0.5, 0.6) is 0 Å². The van der Waals surface area contributed by atoms with Crippen molar-refractivity contribution in [3.05, 3.63) is 35.4 Å². The van der Waals surface area contributed by atoms with Crippen molar-refractivity contribution in [3.8, 4) is 0 Å². The molecule has 0 aliphatic heterocycles. The van der Waals surface area contributed by atoms with E-state index in [4.69, 9.17) is 0 Å². The molecule has 0 spiro atoms. The van der Waals surface area contributed by atoms with E-state index in [2.05, 4.69) is 36.5 Å². The molecule has 0 aliphatic carbocycles. The Balaban J connectivity index is 2.69. The summed E-state index contributed by atoms with van der Waals surface area (Å²) in [7, 11) is 1.96. The number of hydrogen-bond acceptors (Lipinski definition) is 1. The second-order valence-electron chi connectivity index (χ2n) is 2.52. The summed E-state index contributed by atoms with van der Waals surface area (Å²) in [6, 6.07) is 8.55. The third kappa shape index (κ3) is 1.85. The first-order valence-electron chi connectivity index (χ1n) is 3.53. The van der Waals surface area contributed by atoms with Crippen molar-refractivity contribution in [3.63, 3.8) is 0 Å². The van der Waals surface area contributed by atoms with Gasteiger partial charge in [0, 0.05) is 6.54 Å². The van der Waals surface area contributed by atoms with E-state index in [1.807, 2.05) is 7.05 Å². The topological polar surface area (TPSA) is 12.0 Å². The standard InChI is InChI=1S/C9H13N/c1-8-3-5-9(6-4-8)7-10-2/h3-6,10H,7H2,1-2H3. The second-order valence-corrected chi connectivity index (χ2v) is 2.52. The molecule has 0 unspecified atom stereocenters. The van der Waals surface area contributed by atoms with Gasteiger partial charge >= 0.3 is 0 Å². The zero-order valence-electron chi connectivity index (χ0n) is 6.52. The van der Waals surface area contributed by atoms with E-state index in [9.17, 15) is 0 Å². The smallest absolute Gasteiger partial charge is 0.0202 e. The SMILES string of the molecule is CNCc1ccc(C)cc1. The predicted molar refractivity (Wildman–Crippen MR) is 43.9 cm³/mol. The van der Waals surface area contributed by atoms with E-state index < -0.39 is 0 Å². The number of nitrogens with one attached hydrogen (secondary N) is 1. The van der Waals surface area contributed by atoms with Gasteiger partial charge in [0.2, 0.25) is 0 Å². The van der Waals surface area contributed by atoms with Gasteiger partial charge in [0.25, 0.3) is 0 Å². The summed E-state index contributed by atoms with van der Waals surface area (Å²) in [5.74, 6) is 0. The monoisotopic (exact) mass is 135 g/mol. The van der Waals surface area contributed by atoms with Crippen LogP contribution in [0.25, 0.3) is 0 Å².